The summed E-state index contributed by atoms with van der Waals surface area (Å²) in [5.74, 6) is 2.60. The van der Waals surface area contributed by atoms with Gasteiger partial charge in [0.15, 0.2) is 5.96 Å². The summed E-state index contributed by atoms with van der Waals surface area (Å²) in [6.07, 6.45) is 4.04. The van der Waals surface area contributed by atoms with Crippen LogP contribution in [-0.4, -0.2) is 50.0 Å². The summed E-state index contributed by atoms with van der Waals surface area (Å²) in [6, 6.07) is 0. The molecule has 1 aromatic rings. The van der Waals surface area contributed by atoms with Gasteiger partial charge in [-0.05, 0) is 18.8 Å². The van der Waals surface area contributed by atoms with E-state index >= 15 is 0 Å². The first-order valence-electron chi connectivity index (χ1n) is 7.77. The van der Waals surface area contributed by atoms with Gasteiger partial charge in [0.05, 0.1) is 6.61 Å². The number of nitrogens with zero attached hydrogens (tertiary/aromatic N) is 2. The van der Waals surface area contributed by atoms with E-state index in [4.69, 9.17) is 4.74 Å². The highest BCUT2D eigenvalue weighted by molar-refractivity contribution is 8.00. The molecular formula is C15H28N4OS2. The van der Waals surface area contributed by atoms with E-state index in [0.717, 1.165) is 48.6 Å². The van der Waals surface area contributed by atoms with Gasteiger partial charge >= 0.3 is 0 Å². The van der Waals surface area contributed by atoms with E-state index in [0.29, 0.717) is 12.5 Å². The molecule has 0 bridgehead atoms. The summed E-state index contributed by atoms with van der Waals surface area (Å²) in [5.41, 5.74) is 0. The molecular weight excluding hydrogens is 316 g/mol. The van der Waals surface area contributed by atoms with Crippen molar-refractivity contribution in [3.05, 3.63) is 11.6 Å². The van der Waals surface area contributed by atoms with Crippen molar-refractivity contribution in [3.63, 3.8) is 0 Å². The second kappa shape index (κ2) is 12.7. The molecule has 1 rings (SSSR count). The second-order valence-electron chi connectivity index (χ2n) is 5.22. The van der Waals surface area contributed by atoms with Crippen LogP contribution in [0.5, 0.6) is 0 Å². The molecule has 7 heteroatoms. The van der Waals surface area contributed by atoms with E-state index in [1.165, 1.54) is 0 Å². The Morgan fingerprint density at radius 3 is 2.86 bits per heavy atom. The average molecular weight is 345 g/mol. The van der Waals surface area contributed by atoms with Crippen molar-refractivity contribution >= 4 is 29.1 Å². The zero-order chi connectivity index (χ0) is 16.0. The molecule has 0 unspecified atom stereocenters. The highest BCUT2D eigenvalue weighted by atomic mass is 32.2. The highest BCUT2D eigenvalue weighted by Gasteiger charge is 1.99. The van der Waals surface area contributed by atoms with Crippen molar-refractivity contribution in [1.82, 2.24) is 15.6 Å². The first kappa shape index (κ1) is 19.3. The van der Waals surface area contributed by atoms with Crippen molar-refractivity contribution in [3.8, 4) is 0 Å². The summed E-state index contributed by atoms with van der Waals surface area (Å²) in [5, 5.41) is 8.58. The second-order valence-corrected chi connectivity index (χ2v) is 7.46. The molecule has 0 radical (unpaired) electrons. The van der Waals surface area contributed by atoms with Gasteiger partial charge in [-0.15, -0.1) is 11.3 Å². The maximum atomic E-state index is 5.57. The quantitative estimate of drug-likeness (QED) is 0.280. The monoisotopic (exact) mass is 344 g/mol. The topological polar surface area (TPSA) is 58.5 Å². The molecule has 0 saturated heterocycles. The predicted octanol–water partition coefficient (Wildman–Crippen LogP) is 2.85. The zero-order valence-electron chi connectivity index (χ0n) is 13.8. The van der Waals surface area contributed by atoms with Crippen LogP contribution in [0.2, 0.25) is 0 Å². The minimum absolute atomic E-state index is 0.699. The third kappa shape index (κ3) is 10.0. The average Bonchev–Trinajstić information content (AvgIpc) is 3.01. The maximum Gasteiger partial charge on any atom is 0.191 e. The molecule has 1 aromatic heterocycles. The molecule has 2 N–H and O–H groups in total. The number of aromatic nitrogens is 1. The third-order valence-electron chi connectivity index (χ3n) is 2.85. The van der Waals surface area contributed by atoms with Crippen LogP contribution in [0.1, 0.15) is 26.7 Å². The molecule has 1 heterocycles. The largest absolute Gasteiger partial charge is 0.380 e. The molecule has 126 valence electrons. The number of hydrogen-bond donors (Lipinski definition) is 2. The molecule has 0 saturated carbocycles. The van der Waals surface area contributed by atoms with Crippen molar-refractivity contribution in [2.75, 3.05) is 39.1 Å². The lowest BCUT2D eigenvalue weighted by Gasteiger charge is -2.12. The van der Waals surface area contributed by atoms with Crippen LogP contribution in [0, 0.1) is 5.92 Å². The molecule has 0 aliphatic heterocycles. The molecule has 0 aliphatic carbocycles. The molecule has 0 aliphatic rings. The van der Waals surface area contributed by atoms with Gasteiger partial charge in [-0.2, -0.15) is 0 Å². The number of thiazole rings is 1. The molecule has 0 aromatic carbocycles. The smallest absolute Gasteiger partial charge is 0.191 e. The number of thioether (sulfide) groups is 1. The van der Waals surface area contributed by atoms with E-state index < -0.39 is 0 Å². The number of nitrogens with one attached hydrogen (secondary N) is 2. The highest BCUT2D eigenvalue weighted by Crippen LogP contribution is 2.20. The van der Waals surface area contributed by atoms with Crippen LogP contribution in [0.15, 0.2) is 20.9 Å². The molecule has 0 amide bonds. The van der Waals surface area contributed by atoms with Gasteiger partial charge in [0.1, 0.15) is 4.34 Å². The molecule has 0 fully saturated rings. The Hall–Kier alpha value is -0.790. The Kier molecular flexibility index (Phi) is 11.1. The fraction of sp³-hybridized carbons (Fsp3) is 0.733. The summed E-state index contributed by atoms with van der Waals surface area (Å²) < 4.78 is 6.71. The maximum absolute atomic E-state index is 5.57. The van der Waals surface area contributed by atoms with Gasteiger partial charge in [-0.25, -0.2) is 4.98 Å². The van der Waals surface area contributed by atoms with Gasteiger partial charge in [0, 0.05) is 44.1 Å². The number of ether oxygens (including phenoxy) is 1. The van der Waals surface area contributed by atoms with Crippen LogP contribution in [0.4, 0.5) is 0 Å². The van der Waals surface area contributed by atoms with E-state index in [9.17, 15) is 0 Å². The van der Waals surface area contributed by atoms with Crippen LogP contribution in [-0.2, 0) is 4.74 Å². The Morgan fingerprint density at radius 2 is 2.18 bits per heavy atom. The lowest BCUT2D eigenvalue weighted by Crippen LogP contribution is -2.39. The van der Waals surface area contributed by atoms with Crippen molar-refractivity contribution in [2.45, 2.75) is 31.0 Å². The van der Waals surface area contributed by atoms with Crippen molar-refractivity contribution in [2.24, 2.45) is 10.9 Å². The van der Waals surface area contributed by atoms with Gasteiger partial charge in [0.2, 0.25) is 0 Å². The van der Waals surface area contributed by atoms with Gasteiger partial charge in [-0.3, -0.25) is 4.99 Å². The van der Waals surface area contributed by atoms with E-state index in [2.05, 4.69) is 34.5 Å². The summed E-state index contributed by atoms with van der Waals surface area (Å²) in [4.78, 5) is 8.46. The number of aliphatic imine (C=N–C) groups is 1. The van der Waals surface area contributed by atoms with Gasteiger partial charge in [-0.1, -0.05) is 25.6 Å². The number of guanidine groups is 1. The Labute approximate surface area is 142 Å². The normalized spacial score (nSPS) is 11.9. The first-order valence-corrected chi connectivity index (χ1v) is 9.63. The van der Waals surface area contributed by atoms with Gasteiger partial charge < -0.3 is 15.4 Å². The van der Waals surface area contributed by atoms with E-state index in [-0.39, 0.29) is 0 Å². The first-order chi connectivity index (χ1) is 10.7. The SMILES string of the molecule is CN=C(NCCCSc1nccs1)NCCOCCC(C)C. The van der Waals surface area contributed by atoms with Crippen LogP contribution >= 0.6 is 23.1 Å². The number of hydrogen-bond acceptors (Lipinski definition) is 5. The third-order valence-corrected chi connectivity index (χ3v) is 4.90. The Bertz CT molecular complexity index is 396. The van der Waals surface area contributed by atoms with Crippen LogP contribution in [0.25, 0.3) is 0 Å². The van der Waals surface area contributed by atoms with E-state index in [1.54, 1.807) is 30.1 Å². The Morgan fingerprint density at radius 1 is 1.36 bits per heavy atom. The molecule has 22 heavy (non-hydrogen) atoms. The summed E-state index contributed by atoms with van der Waals surface area (Å²) in [6.45, 7) is 7.66. The van der Waals surface area contributed by atoms with Crippen LogP contribution < -0.4 is 10.6 Å². The fourth-order valence-corrected chi connectivity index (χ4v) is 3.25. The molecule has 0 atom stereocenters. The summed E-state index contributed by atoms with van der Waals surface area (Å²) >= 11 is 3.50. The molecule has 5 nitrogen and oxygen atoms in total. The van der Waals surface area contributed by atoms with Crippen molar-refractivity contribution in [1.29, 1.82) is 0 Å². The lowest BCUT2D eigenvalue weighted by atomic mass is 10.1. The van der Waals surface area contributed by atoms with Crippen LogP contribution in [0.3, 0.4) is 0 Å². The number of rotatable bonds is 11. The Balaban J connectivity index is 1.95. The standard InChI is InChI=1S/C15H28N4OS2/c1-13(2)5-9-20-10-7-18-14(16-3)17-6-4-11-21-15-19-8-12-22-15/h8,12-13H,4-7,9-11H2,1-3H3,(H2,16,17,18). The minimum atomic E-state index is 0.699. The van der Waals surface area contributed by atoms with Gasteiger partial charge in [0.25, 0.3) is 0 Å². The fourth-order valence-electron chi connectivity index (χ4n) is 1.60. The zero-order valence-corrected chi connectivity index (χ0v) is 15.4. The predicted molar refractivity (Wildman–Crippen MR) is 97.1 cm³/mol. The van der Waals surface area contributed by atoms with Crippen molar-refractivity contribution < 1.29 is 4.74 Å². The molecule has 0 spiro atoms. The van der Waals surface area contributed by atoms with E-state index in [1.807, 2.05) is 11.6 Å². The summed E-state index contributed by atoms with van der Waals surface area (Å²) in [7, 11) is 1.79. The minimum Gasteiger partial charge on any atom is -0.380 e. The lowest BCUT2D eigenvalue weighted by molar-refractivity contribution is 0.128.